The Balaban J connectivity index is 4.79. The minimum absolute atomic E-state index is 0.232. The van der Waals surface area contributed by atoms with Crippen molar-refractivity contribution in [3.63, 3.8) is 0 Å². The average molecular weight is 304 g/mol. The van der Waals surface area contributed by atoms with E-state index in [1.165, 1.54) is 69.8 Å². The summed E-state index contributed by atoms with van der Waals surface area (Å²) < 4.78 is 0. The molecule has 22 heavy (non-hydrogen) atoms. The van der Waals surface area contributed by atoms with Crippen molar-refractivity contribution in [1.82, 2.24) is 0 Å². The van der Waals surface area contributed by atoms with Crippen LogP contribution in [-0.4, -0.2) is 6.21 Å². The van der Waals surface area contributed by atoms with Crippen molar-refractivity contribution in [2.75, 3.05) is 0 Å². The van der Waals surface area contributed by atoms with E-state index >= 15 is 0 Å². The molecule has 1 atom stereocenters. The summed E-state index contributed by atoms with van der Waals surface area (Å²) in [6.45, 7) is 14.6. The van der Waals surface area contributed by atoms with Gasteiger partial charge in [0.15, 0.2) is 0 Å². The molecule has 0 aliphatic rings. The molecule has 126 valence electrons. The van der Waals surface area contributed by atoms with Crippen LogP contribution in [-0.2, 0) is 0 Å². The topological polar surface area (TPSA) is 12.4 Å². The molecule has 0 N–H and O–H groups in total. The first-order valence-electron chi connectivity index (χ1n) is 9.11. The van der Waals surface area contributed by atoms with E-state index in [1.54, 1.807) is 6.20 Å². The van der Waals surface area contributed by atoms with Crippen LogP contribution in [0.3, 0.4) is 0 Å². The van der Waals surface area contributed by atoms with Gasteiger partial charge in [-0.1, -0.05) is 91.4 Å². The second-order valence-corrected chi connectivity index (χ2v) is 6.49. The number of aliphatic imine (C=N–C) groups is 1. The Hall–Kier alpha value is -1.11. The van der Waals surface area contributed by atoms with E-state index in [2.05, 4.69) is 45.0 Å². The summed E-state index contributed by atoms with van der Waals surface area (Å²) in [6, 6.07) is 0. The lowest BCUT2D eigenvalue weighted by Gasteiger charge is -2.31. The maximum absolute atomic E-state index is 4.11. The largest absolute Gasteiger partial charge is 0.265 e. The third kappa shape index (κ3) is 9.02. The Kier molecular flexibility index (Phi) is 12.9. The van der Waals surface area contributed by atoms with Crippen molar-refractivity contribution < 1.29 is 0 Å². The maximum atomic E-state index is 4.11. The van der Waals surface area contributed by atoms with E-state index in [9.17, 15) is 0 Å². The summed E-state index contributed by atoms with van der Waals surface area (Å²) in [5.74, 6) is 0. The van der Waals surface area contributed by atoms with Crippen LogP contribution < -0.4 is 0 Å². The molecule has 0 aliphatic heterocycles. The molecule has 0 amide bonds. The van der Waals surface area contributed by atoms with Crippen LogP contribution >= 0.6 is 0 Å². The molecule has 0 aromatic carbocycles. The standard InChI is InChI=1S/C21H37N/c1-6-10-12-13-15-18-21(5,17-14-11-7-2)20(8-3)16-19-22-9-4/h8-9,16,19H,3-4,6-7,10-15,17-18H2,1-2,5H3/b20-16+,22-19?. The van der Waals surface area contributed by atoms with Gasteiger partial charge in [0.25, 0.3) is 0 Å². The minimum Gasteiger partial charge on any atom is -0.265 e. The first-order valence-corrected chi connectivity index (χ1v) is 9.11. The quantitative estimate of drug-likeness (QED) is 0.182. The van der Waals surface area contributed by atoms with Gasteiger partial charge in [0.05, 0.1) is 0 Å². The fourth-order valence-electron chi connectivity index (χ4n) is 3.00. The Bertz CT molecular complexity index is 351. The maximum Gasteiger partial charge on any atom is 0.0270 e. The molecular formula is C21H37N. The van der Waals surface area contributed by atoms with Gasteiger partial charge in [0.2, 0.25) is 0 Å². The van der Waals surface area contributed by atoms with E-state index in [-0.39, 0.29) is 5.41 Å². The lowest BCUT2D eigenvalue weighted by molar-refractivity contribution is 0.315. The molecule has 1 heteroatoms. The van der Waals surface area contributed by atoms with Crippen molar-refractivity contribution >= 4 is 6.21 Å². The lowest BCUT2D eigenvalue weighted by Crippen LogP contribution is -2.19. The molecule has 0 spiro atoms. The Morgan fingerprint density at radius 3 is 2.00 bits per heavy atom. The van der Waals surface area contributed by atoms with Crippen molar-refractivity contribution in [1.29, 1.82) is 0 Å². The number of nitrogens with zero attached hydrogens (tertiary/aromatic N) is 1. The van der Waals surface area contributed by atoms with E-state index in [0.29, 0.717) is 0 Å². The molecule has 1 nitrogen and oxygen atoms in total. The average Bonchev–Trinajstić information content (AvgIpc) is 2.51. The molecule has 0 aromatic rings. The van der Waals surface area contributed by atoms with Crippen LogP contribution in [0.15, 0.2) is 42.1 Å². The summed E-state index contributed by atoms with van der Waals surface area (Å²) in [5.41, 5.74) is 1.56. The monoisotopic (exact) mass is 303 g/mol. The van der Waals surface area contributed by atoms with Crippen LogP contribution in [0.4, 0.5) is 0 Å². The predicted molar refractivity (Wildman–Crippen MR) is 103 cm³/mol. The first-order chi connectivity index (χ1) is 10.6. The van der Waals surface area contributed by atoms with Gasteiger partial charge >= 0.3 is 0 Å². The van der Waals surface area contributed by atoms with Crippen LogP contribution in [0.1, 0.15) is 85.0 Å². The molecular weight excluding hydrogens is 266 g/mol. The number of allylic oxidation sites excluding steroid dienone is 3. The molecule has 0 aliphatic carbocycles. The Morgan fingerprint density at radius 2 is 1.45 bits per heavy atom. The molecule has 0 fully saturated rings. The number of unbranched alkanes of at least 4 members (excludes halogenated alkanes) is 6. The third-order valence-electron chi connectivity index (χ3n) is 4.53. The highest BCUT2D eigenvalue weighted by atomic mass is 14.6. The molecule has 0 saturated carbocycles. The summed E-state index contributed by atoms with van der Waals surface area (Å²) in [7, 11) is 0. The molecule has 0 saturated heterocycles. The normalized spacial score (nSPS) is 15.0. The first kappa shape index (κ1) is 20.9. The highest BCUT2D eigenvalue weighted by Crippen LogP contribution is 2.39. The van der Waals surface area contributed by atoms with Crippen LogP contribution in [0.2, 0.25) is 0 Å². The van der Waals surface area contributed by atoms with Crippen molar-refractivity contribution in [2.45, 2.75) is 85.0 Å². The summed E-state index contributed by atoms with van der Waals surface area (Å²) in [5, 5.41) is 0. The summed E-state index contributed by atoms with van der Waals surface area (Å²) >= 11 is 0. The minimum atomic E-state index is 0.232. The smallest absolute Gasteiger partial charge is 0.0270 e. The number of hydrogen-bond donors (Lipinski definition) is 0. The highest BCUT2D eigenvalue weighted by Gasteiger charge is 2.26. The Labute approximate surface area is 139 Å². The van der Waals surface area contributed by atoms with Crippen LogP contribution in [0.5, 0.6) is 0 Å². The van der Waals surface area contributed by atoms with Gasteiger partial charge < -0.3 is 0 Å². The SMILES string of the molecule is C=CN=C/C=C(\C=C)C(C)(CCCCC)CCCCCCC. The zero-order chi connectivity index (χ0) is 16.7. The molecule has 0 rings (SSSR count). The summed E-state index contributed by atoms with van der Waals surface area (Å²) in [6.07, 6.45) is 20.7. The highest BCUT2D eigenvalue weighted by molar-refractivity contribution is 5.73. The zero-order valence-electron chi connectivity index (χ0n) is 15.2. The van der Waals surface area contributed by atoms with Crippen molar-refractivity contribution in [2.24, 2.45) is 10.4 Å². The molecule has 1 unspecified atom stereocenters. The van der Waals surface area contributed by atoms with Gasteiger partial charge in [-0.25, -0.2) is 0 Å². The van der Waals surface area contributed by atoms with Gasteiger partial charge in [-0.2, -0.15) is 0 Å². The fourth-order valence-corrected chi connectivity index (χ4v) is 3.00. The third-order valence-corrected chi connectivity index (χ3v) is 4.53. The molecule has 0 aromatic heterocycles. The van der Waals surface area contributed by atoms with E-state index in [1.807, 2.05) is 12.3 Å². The van der Waals surface area contributed by atoms with Gasteiger partial charge in [-0.05, 0) is 29.9 Å². The molecule has 0 heterocycles. The van der Waals surface area contributed by atoms with E-state index in [0.717, 1.165) is 0 Å². The molecule has 0 radical (unpaired) electrons. The van der Waals surface area contributed by atoms with Gasteiger partial charge in [0.1, 0.15) is 0 Å². The van der Waals surface area contributed by atoms with Gasteiger partial charge in [-0.15, -0.1) is 0 Å². The summed E-state index contributed by atoms with van der Waals surface area (Å²) in [4.78, 5) is 4.11. The lowest BCUT2D eigenvalue weighted by atomic mass is 9.73. The Morgan fingerprint density at radius 1 is 0.909 bits per heavy atom. The number of hydrogen-bond acceptors (Lipinski definition) is 1. The van der Waals surface area contributed by atoms with Crippen molar-refractivity contribution in [3.05, 3.63) is 37.1 Å². The number of rotatable bonds is 14. The fraction of sp³-hybridized carbons (Fsp3) is 0.667. The van der Waals surface area contributed by atoms with Gasteiger partial charge in [-0.3, -0.25) is 4.99 Å². The second kappa shape index (κ2) is 13.5. The van der Waals surface area contributed by atoms with Gasteiger partial charge in [0, 0.05) is 12.4 Å². The van der Waals surface area contributed by atoms with Crippen LogP contribution in [0.25, 0.3) is 0 Å². The van der Waals surface area contributed by atoms with Crippen molar-refractivity contribution in [3.8, 4) is 0 Å². The molecule has 0 bridgehead atoms. The second-order valence-electron chi connectivity index (χ2n) is 6.49. The van der Waals surface area contributed by atoms with E-state index in [4.69, 9.17) is 0 Å². The van der Waals surface area contributed by atoms with Crippen LogP contribution in [0, 0.1) is 5.41 Å². The predicted octanol–water partition coefficient (Wildman–Crippen LogP) is 7.26. The van der Waals surface area contributed by atoms with E-state index < -0.39 is 0 Å². The zero-order valence-corrected chi connectivity index (χ0v) is 15.2.